The van der Waals surface area contributed by atoms with E-state index < -0.39 is 0 Å². The molecule has 7 nitrogen and oxygen atoms in total. The molecule has 1 N–H and O–H groups in total. The highest BCUT2D eigenvalue weighted by Crippen LogP contribution is 2.29. The molecule has 0 spiro atoms. The van der Waals surface area contributed by atoms with Gasteiger partial charge < -0.3 is 19.9 Å². The molecule has 0 aliphatic carbocycles. The van der Waals surface area contributed by atoms with Gasteiger partial charge >= 0.3 is 0 Å². The molecule has 31 heavy (non-hydrogen) atoms. The van der Waals surface area contributed by atoms with Gasteiger partial charge in [-0.05, 0) is 30.0 Å². The third kappa shape index (κ3) is 5.90. The normalized spacial score (nSPS) is 14.0. The number of carbonyl (C=O) groups excluding carboxylic acids is 1. The molecular formula is C21H25N5O2S3. The number of thioether (sulfide) groups is 1. The lowest BCUT2D eigenvalue weighted by atomic mass is 10.2. The zero-order valence-corrected chi connectivity index (χ0v) is 19.8. The van der Waals surface area contributed by atoms with E-state index in [1.165, 1.54) is 28.0 Å². The molecule has 1 aromatic carbocycles. The number of methoxy groups -OCH3 is 1. The zero-order valence-electron chi connectivity index (χ0n) is 17.3. The van der Waals surface area contributed by atoms with Crippen LogP contribution in [0.5, 0.6) is 5.75 Å². The SMILES string of the molecule is COc1ccccc1N1CCN(C(=O)CSc2nnc(NCCc3cccs3)s2)CC1. The fourth-order valence-electron chi connectivity index (χ4n) is 3.39. The highest BCUT2D eigenvalue weighted by molar-refractivity contribution is 8.01. The van der Waals surface area contributed by atoms with Crippen LogP contribution in [0.4, 0.5) is 10.8 Å². The van der Waals surface area contributed by atoms with E-state index in [0.29, 0.717) is 18.8 Å². The van der Waals surface area contributed by atoms with E-state index in [1.807, 2.05) is 23.1 Å². The zero-order chi connectivity index (χ0) is 21.5. The third-order valence-corrected chi connectivity index (χ3v) is 7.95. The van der Waals surface area contributed by atoms with Crippen molar-refractivity contribution in [3.05, 3.63) is 46.7 Å². The average molecular weight is 476 g/mol. The lowest BCUT2D eigenvalue weighted by Crippen LogP contribution is -2.49. The van der Waals surface area contributed by atoms with Crippen LogP contribution in [0.25, 0.3) is 0 Å². The van der Waals surface area contributed by atoms with Crippen LogP contribution in [0.1, 0.15) is 4.88 Å². The third-order valence-electron chi connectivity index (χ3n) is 5.01. The molecule has 0 radical (unpaired) electrons. The van der Waals surface area contributed by atoms with Gasteiger partial charge in [-0.3, -0.25) is 4.79 Å². The van der Waals surface area contributed by atoms with Gasteiger partial charge in [0.1, 0.15) is 5.75 Å². The smallest absolute Gasteiger partial charge is 0.233 e. The van der Waals surface area contributed by atoms with E-state index in [-0.39, 0.29) is 5.91 Å². The van der Waals surface area contributed by atoms with Crippen molar-refractivity contribution in [2.75, 3.05) is 55.8 Å². The number of aromatic nitrogens is 2. The van der Waals surface area contributed by atoms with Crippen molar-refractivity contribution in [2.45, 2.75) is 10.8 Å². The molecule has 1 saturated heterocycles. The van der Waals surface area contributed by atoms with Gasteiger partial charge in [0.15, 0.2) is 4.34 Å². The molecule has 3 heterocycles. The number of benzene rings is 1. The predicted octanol–water partition coefficient (Wildman–Crippen LogP) is 3.70. The molecule has 0 unspecified atom stereocenters. The summed E-state index contributed by atoms with van der Waals surface area (Å²) in [5.41, 5.74) is 1.08. The minimum Gasteiger partial charge on any atom is -0.495 e. The molecule has 0 bridgehead atoms. The number of rotatable bonds is 9. The molecule has 2 aromatic heterocycles. The Labute approximate surface area is 194 Å². The number of amides is 1. The first-order valence-corrected chi connectivity index (χ1v) is 12.8. The fourth-order valence-corrected chi connectivity index (χ4v) is 5.78. The van der Waals surface area contributed by atoms with Crippen LogP contribution in [-0.4, -0.2) is 66.6 Å². The Morgan fingerprint density at radius 1 is 1.16 bits per heavy atom. The molecule has 0 saturated carbocycles. The summed E-state index contributed by atoms with van der Waals surface area (Å²) in [6.45, 7) is 3.85. The summed E-state index contributed by atoms with van der Waals surface area (Å²) in [5.74, 6) is 1.40. The Balaban J connectivity index is 1.20. The van der Waals surface area contributed by atoms with Gasteiger partial charge in [0.2, 0.25) is 11.0 Å². The molecular weight excluding hydrogens is 450 g/mol. The van der Waals surface area contributed by atoms with Gasteiger partial charge in [-0.1, -0.05) is 41.3 Å². The van der Waals surface area contributed by atoms with Gasteiger partial charge in [0, 0.05) is 37.6 Å². The summed E-state index contributed by atoms with van der Waals surface area (Å²) >= 11 is 4.72. The minimum atomic E-state index is 0.145. The largest absolute Gasteiger partial charge is 0.495 e. The molecule has 10 heteroatoms. The molecule has 164 valence electrons. The van der Waals surface area contributed by atoms with Gasteiger partial charge in [-0.25, -0.2) is 0 Å². The fraction of sp³-hybridized carbons (Fsp3) is 0.381. The Morgan fingerprint density at radius 3 is 2.77 bits per heavy atom. The minimum absolute atomic E-state index is 0.145. The summed E-state index contributed by atoms with van der Waals surface area (Å²) in [4.78, 5) is 18.2. The first-order chi connectivity index (χ1) is 15.2. The van der Waals surface area contributed by atoms with Crippen molar-refractivity contribution in [3.8, 4) is 5.75 Å². The van der Waals surface area contributed by atoms with E-state index >= 15 is 0 Å². The van der Waals surface area contributed by atoms with E-state index in [2.05, 4.69) is 44.0 Å². The Kier molecular flexibility index (Phi) is 7.66. The highest BCUT2D eigenvalue weighted by Gasteiger charge is 2.23. The molecule has 1 amide bonds. The monoisotopic (exact) mass is 475 g/mol. The number of nitrogens with zero attached hydrogens (tertiary/aromatic N) is 4. The lowest BCUT2D eigenvalue weighted by molar-refractivity contribution is -0.128. The average Bonchev–Trinajstić information content (AvgIpc) is 3.50. The topological polar surface area (TPSA) is 70.6 Å². The first kappa shape index (κ1) is 21.9. The van der Waals surface area contributed by atoms with Crippen molar-refractivity contribution in [1.82, 2.24) is 15.1 Å². The maximum atomic E-state index is 12.7. The number of para-hydroxylation sites is 2. The first-order valence-electron chi connectivity index (χ1n) is 10.1. The number of hydrogen-bond donors (Lipinski definition) is 1. The molecule has 4 rings (SSSR count). The number of thiophene rings is 1. The number of hydrogen-bond acceptors (Lipinski definition) is 9. The van der Waals surface area contributed by atoms with Crippen molar-refractivity contribution in [3.63, 3.8) is 0 Å². The summed E-state index contributed by atoms with van der Waals surface area (Å²) in [7, 11) is 1.69. The van der Waals surface area contributed by atoms with E-state index in [0.717, 1.165) is 47.0 Å². The number of anilines is 2. The second-order valence-electron chi connectivity index (χ2n) is 6.96. The van der Waals surface area contributed by atoms with Crippen molar-refractivity contribution in [2.24, 2.45) is 0 Å². The van der Waals surface area contributed by atoms with Crippen molar-refractivity contribution < 1.29 is 9.53 Å². The van der Waals surface area contributed by atoms with Crippen LogP contribution in [0.15, 0.2) is 46.1 Å². The van der Waals surface area contributed by atoms with Crippen molar-refractivity contribution >= 4 is 51.2 Å². The maximum absolute atomic E-state index is 12.7. The summed E-state index contributed by atoms with van der Waals surface area (Å²) in [5, 5.41) is 14.6. The predicted molar refractivity (Wildman–Crippen MR) is 129 cm³/mol. The quantitative estimate of drug-likeness (QED) is 0.473. The molecule has 1 aliphatic heterocycles. The molecule has 1 aliphatic rings. The summed E-state index contributed by atoms with van der Waals surface area (Å²) in [6, 6.07) is 12.2. The molecule has 3 aromatic rings. The second-order valence-corrected chi connectivity index (χ2v) is 10.2. The van der Waals surface area contributed by atoms with Gasteiger partial charge in [-0.2, -0.15) is 0 Å². The standard InChI is InChI=1S/C21H25N5O2S3/c1-28-18-7-3-2-6-17(18)25-10-12-26(13-11-25)19(27)15-30-21-24-23-20(31-21)22-9-8-16-5-4-14-29-16/h2-7,14H,8-13,15H2,1H3,(H,22,23). The number of carbonyl (C=O) groups is 1. The number of ether oxygens (including phenoxy) is 1. The lowest BCUT2D eigenvalue weighted by Gasteiger charge is -2.36. The molecule has 0 atom stereocenters. The van der Waals surface area contributed by atoms with Gasteiger partial charge in [0.05, 0.1) is 18.6 Å². The Bertz CT molecular complexity index is 971. The summed E-state index contributed by atoms with van der Waals surface area (Å²) in [6.07, 6.45) is 0.971. The van der Waals surface area contributed by atoms with Gasteiger partial charge in [0.25, 0.3) is 0 Å². The summed E-state index contributed by atoms with van der Waals surface area (Å²) < 4.78 is 6.28. The maximum Gasteiger partial charge on any atom is 0.233 e. The highest BCUT2D eigenvalue weighted by atomic mass is 32.2. The van der Waals surface area contributed by atoms with Crippen LogP contribution >= 0.6 is 34.4 Å². The Hall–Kier alpha value is -2.30. The van der Waals surface area contributed by atoms with Crippen LogP contribution in [0.2, 0.25) is 0 Å². The van der Waals surface area contributed by atoms with Crippen LogP contribution in [0.3, 0.4) is 0 Å². The van der Waals surface area contributed by atoms with Crippen LogP contribution in [-0.2, 0) is 11.2 Å². The van der Waals surface area contributed by atoms with Crippen molar-refractivity contribution in [1.29, 1.82) is 0 Å². The van der Waals surface area contributed by atoms with E-state index in [9.17, 15) is 4.79 Å². The van der Waals surface area contributed by atoms with Crippen LogP contribution < -0.4 is 15.0 Å². The number of nitrogens with one attached hydrogen (secondary N) is 1. The number of piperazine rings is 1. The van der Waals surface area contributed by atoms with Gasteiger partial charge in [-0.15, -0.1) is 21.5 Å². The molecule has 1 fully saturated rings. The second kappa shape index (κ2) is 10.8. The van der Waals surface area contributed by atoms with E-state index in [1.54, 1.807) is 18.4 Å². The van der Waals surface area contributed by atoms with E-state index in [4.69, 9.17) is 4.74 Å². The van der Waals surface area contributed by atoms with Crippen LogP contribution in [0, 0.1) is 0 Å². The Morgan fingerprint density at radius 2 is 2.00 bits per heavy atom.